The van der Waals surface area contributed by atoms with E-state index in [2.05, 4.69) is 4.72 Å². The topological polar surface area (TPSA) is 84.7 Å². The van der Waals surface area contributed by atoms with Crippen molar-refractivity contribution in [3.05, 3.63) is 0 Å². The van der Waals surface area contributed by atoms with Crippen LogP contribution in [0.5, 0.6) is 0 Å². The van der Waals surface area contributed by atoms with Crippen molar-refractivity contribution in [3.8, 4) is 0 Å². The van der Waals surface area contributed by atoms with Crippen LogP contribution in [-0.4, -0.2) is 51.1 Å². The molecular weight excluding hydrogens is 266 g/mol. The Balaban J connectivity index is 0.00000256. The summed E-state index contributed by atoms with van der Waals surface area (Å²) in [6, 6.07) is 0. The second kappa shape index (κ2) is 7.50. The van der Waals surface area contributed by atoms with Crippen LogP contribution in [0.2, 0.25) is 0 Å². The van der Waals surface area contributed by atoms with Crippen LogP contribution in [0.3, 0.4) is 0 Å². The standard InChI is InChI=1S/C9H21N3O3S.ClH/c1-8-6-12(7-9(2)15-8)16(13,14)11-5-3-4-10;/h8-9,11H,3-7,10H2,1-2H3;1H. The zero-order chi connectivity index (χ0) is 12.2. The van der Waals surface area contributed by atoms with Gasteiger partial charge in [0.05, 0.1) is 12.2 Å². The van der Waals surface area contributed by atoms with Crippen LogP contribution < -0.4 is 10.5 Å². The molecule has 0 bridgehead atoms. The maximum absolute atomic E-state index is 11.9. The predicted molar refractivity (Wildman–Crippen MR) is 69.4 cm³/mol. The Morgan fingerprint density at radius 2 is 1.88 bits per heavy atom. The molecule has 1 aliphatic heterocycles. The molecule has 1 heterocycles. The van der Waals surface area contributed by atoms with Gasteiger partial charge in [-0.1, -0.05) is 0 Å². The number of nitrogens with two attached hydrogens (primary N) is 1. The molecule has 1 fully saturated rings. The average molecular weight is 288 g/mol. The largest absolute Gasteiger partial charge is 0.373 e. The number of nitrogens with one attached hydrogen (secondary N) is 1. The van der Waals surface area contributed by atoms with Gasteiger partial charge in [-0.25, -0.2) is 4.72 Å². The summed E-state index contributed by atoms with van der Waals surface area (Å²) in [5.41, 5.74) is 5.31. The molecule has 0 radical (unpaired) electrons. The van der Waals surface area contributed by atoms with Gasteiger partial charge in [0, 0.05) is 19.6 Å². The molecule has 1 saturated heterocycles. The van der Waals surface area contributed by atoms with Gasteiger partial charge in [0.25, 0.3) is 10.2 Å². The fourth-order valence-electron chi connectivity index (χ4n) is 1.72. The molecule has 2 unspecified atom stereocenters. The van der Waals surface area contributed by atoms with Crippen molar-refractivity contribution in [2.24, 2.45) is 5.73 Å². The van der Waals surface area contributed by atoms with Gasteiger partial charge in [-0.05, 0) is 26.8 Å². The molecule has 0 amide bonds. The fourth-order valence-corrected chi connectivity index (χ4v) is 3.12. The Hall–Kier alpha value is 0.0800. The summed E-state index contributed by atoms with van der Waals surface area (Å²) in [5, 5.41) is 0. The first-order valence-electron chi connectivity index (χ1n) is 5.56. The highest BCUT2D eigenvalue weighted by atomic mass is 35.5. The lowest BCUT2D eigenvalue weighted by Gasteiger charge is -2.34. The summed E-state index contributed by atoms with van der Waals surface area (Å²) in [7, 11) is -3.37. The Kier molecular flexibility index (Phi) is 7.54. The quantitative estimate of drug-likeness (QED) is 0.680. The molecule has 0 aromatic heterocycles. The number of morpholine rings is 1. The van der Waals surface area contributed by atoms with Crippen molar-refractivity contribution < 1.29 is 13.2 Å². The molecule has 3 N–H and O–H groups in total. The minimum absolute atomic E-state index is 0. The fraction of sp³-hybridized carbons (Fsp3) is 1.00. The molecule has 104 valence electrons. The van der Waals surface area contributed by atoms with Crippen molar-refractivity contribution in [3.63, 3.8) is 0 Å². The van der Waals surface area contributed by atoms with Gasteiger partial charge in [-0.2, -0.15) is 12.7 Å². The Labute approximate surface area is 109 Å². The normalized spacial score (nSPS) is 26.5. The van der Waals surface area contributed by atoms with Crippen LogP contribution in [0.25, 0.3) is 0 Å². The molecule has 6 nitrogen and oxygen atoms in total. The average Bonchev–Trinajstić information content (AvgIpc) is 2.16. The lowest BCUT2D eigenvalue weighted by atomic mass is 10.3. The first-order valence-corrected chi connectivity index (χ1v) is 7.00. The van der Waals surface area contributed by atoms with Gasteiger partial charge in [0.1, 0.15) is 0 Å². The summed E-state index contributed by atoms with van der Waals surface area (Å²) >= 11 is 0. The predicted octanol–water partition coefficient (Wildman–Crippen LogP) is -0.299. The number of ether oxygens (including phenoxy) is 1. The van der Waals surface area contributed by atoms with E-state index < -0.39 is 10.2 Å². The van der Waals surface area contributed by atoms with Gasteiger partial charge in [0.2, 0.25) is 0 Å². The van der Waals surface area contributed by atoms with E-state index in [0.717, 1.165) is 0 Å². The van der Waals surface area contributed by atoms with Gasteiger partial charge in [0.15, 0.2) is 0 Å². The van der Waals surface area contributed by atoms with Crippen LogP contribution in [0.1, 0.15) is 20.3 Å². The molecule has 0 aliphatic carbocycles. The van der Waals surface area contributed by atoms with Crippen molar-refractivity contribution in [2.45, 2.75) is 32.5 Å². The van der Waals surface area contributed by atoms with Crippen molar-refractivity contribution in [1.29, 1.82) is 0 Å². The molecule has 0 saturated carbocycles. The second-order valence-electron chi connectivity index (χ2n) is 4.12. The molecule has 0 spiro atoms. The van der Waals surface area contributed by atoms with E-state index in [4.69, 9.17) is 10.5 Å². The third-order valence-corrected chi connectivity index (χ3v) is 3.94. The summed E-state index contributed by atoms with van der Waals surface area (Å²) in [6.45, 7) is 5.43. The van der Waals surface area contributed by atoms with Gasteiger partial charge >= 0.3 is 0 Å². The zero-order valence-corrected chi connectivity index (χ0v) is 11.9. The highest BCUT2D eigenvalue weighted by Gasteiger charge is 2.30. The van der Waals surface area contributed by atoms with Gasteiger partial charge in [-0.15, -0.1) is 12.4 Å². The molecule has 8 heteroatoms. The summed E-state index contributed by atoms with van der Waals surface area (Å²) in [6.07, 6.45) is 0.527. The number of nitrogens with zero attached hydrogens (tertiary/aromatic N) is 1. The molecule has 2 atom stereocenters. The smallest absolute Gasteiger partial charge is 0.279 e. The van der Waals surface area contributed by atoms with Crippen molar-refractivity contribution in [2.75, 3.05) is 26.2 Å². The Bertz CT molecular complexity index is 303. The third kappa shape index (κ3) is 5.50. The zero-order valence-electron chi connectivity index (χ0n) is 10.3. The number of halogens is 1. The lowest BCUT2D eigenvalue weighted by molar-refractivity contribution is -0.0443. The highest BCUT2D eigenvalue weighted by Crippen LogP contribution is 2.13. The molecule has 0 aromatic carbocycles. The van der Waals surface area contributed by atoms with E-state index in [-0.39, 0.29) is 24.6 Å². The molecule has 1 rings (SSSR count). The first kappa shape index (κ1) is 17.1. The first-order chi connectivity index (χ1) is 7.45. The molecule has 17 heavy (non-hydrogen) atoms. The monoisotopic (exact) mass is 287 g/mol. The van der Waals surface area contributed by atoms with E-state index in [1.807, 2.05) is 13.8 Å². The van der Waals surface area contributed by atoms with Gasteiger partial charge < -0.3 is 10.5 Å². The van der Waals surface area contributed by atoms with E-state index >= 15 is 0 Å². The van der Waals surface area contributed by atoms with Crippen molar-refractivity contribution >= 4 is 22.6 Å². The highest BCUT2D eigenvalue weighted by molar-refractivity contribution is 7.87. The number of rotatable bonds is 5. The summed E-state index contributed by atoms with van der Waals surface area (Å²) in [4.78, 5) is 0. The van der Waals surface area contributed by atoms with E-state index in [1.165, 1.54) is 4.31 Å². The minimum Gasteiger partial charge on any atom is -0.373 e. The summed E-state index contributed by atoms with van der Waals surface area (Å²) in [5.74, 6) is 0. The summed E-state index contributed by atoms with van der Waals surface area (Å²) < 4.78 is 33.2. The third-order valence-electron chi connectivity index (χ3n) is 2.39. The van der Waals surface area contributed by atoms with Crippen molar-refractivity contribution in [1.82, 2.24) is 9.03 Å². The van der Waals surface area contributed by atoms with Crippen LogP contribution in [0.4, 0.5) is 0 Å². The SMILES string of the molecule is CC1CN(S(=O)(=O)NCCCN)CC(C)O1.Cl. The van der Waals surface area contributed by atoms with Crippen LogP contribution in [0, 0.1) is 0 Å². The molecular formula is C9H22ClN3O3S. The number of hydrogen-bond donors (Lipinski definition) is 2. The minimum atomic E-state index is -3.37. The Morgan fingerprint density at radius 3 is 2.35 bits per heavy atom. The molecule has 1 aliphatic rings. The number of hydrogen-bond acceptors (Lipinski definition) is 4. The van der Waals surface area contributed by atoms with Gasteiger partial charge in [-0.3, -0.25) is 0 Å². The lowest BCUT2D eigenvalue weighted by Crippen LogP contribution is -2.52. The van der Waals surface area contributed by atoms with Crippen LogP contribution in [0.15, 0.2) is 0 Å². The van der Waals surface area contributed by atoms with Crippen LogP contribution >= 0.6 is 12.4 Å². The second-order valence-corrected chi connectivity index (χ2v) is 5.87. The van der Waals surface area contributed by atoms with Crippen LogP contribution in [-0.2, 0) is 14.9 Å². The van der Waals surface area contributed by atoms with E-state index in [0.29, 0.717) is 32.6 Å². The maximum Gasteiger partial charge on any atom is 0.279 e. The Morgan fingerprint density at radius 1 is 1.35 bits per heavy atom. The maximum atomic E-state index is 11.9. The molecule has 0 aromatic rings. The van der Waals surface area contributed by atoms with E-state index in [1.54, 1.807) is 0 Å². The van der Waals surface area contributed by atoms with E-state index in [9.17, 15) is 8.42 Å².